The van der Waals surface area contributed by atoms with Gasteiger partial charge in [-0.2, -0.15) is 0 Å². The second-order valence-corrected chi connectivity index (χ2v) is 6.94. The van der Waals surface area contributed by atoms with Crippen LogP contribution in [0.25, 0.3) is 0 Å². The molecular formula is C19H20N2O2S. The smallest absolute Gasteiger partial charge is 0.313 e. The molecule has 124 valence electrons. The summed E-state index contributed by atoms with van der Waals surface area (Å²) in [6.07, 6.45) is 4.14. The Morgan fingerprint density at radius 2 is 1.54 bits per heavy atom. The summed E-state index contributed by atoms with van der Waals surface area (Å²) in [5, 5.41) is 5.54. The first kappa shape index (κ1) is 16.6. The van der Waals surface area contributed by atoms with Crippen LogP contribution in [-0.2, 0) is 9.59 Å². The molecule has 2 aromatic carbocycles. The number of benzene rings is 2. The Kier molecular flexibility index (Phi) is 5.54. The van der Waals surface area contributed by atoms with Gasteiger partial charge in [0, 0.05) is 15.8 Å². The molecule has 0 unspecified atom stereocenters. The number of hydrogen-bond acceptors (Lipinski definition) is 3. The van der Waals surface area contributed by atoms with Crippen molar-refractivity contribution in [2.75, 3.05) is 5.32 Å². The molecule has 2 aromatic rings. The van der Waals surface area contributed by atoms with E-state index in [0.29, 0.717) is 5.69 Å². The predicted octanol–water partition coefficient (Wildman–Crippen LogP) is 3.84. The lowest BCUT2D eigenvalue weighted by Crippen LogP contribution is -2.40. The summed E-state index contributed by atoms with van der Waals surface area (Å²) in [5.74, 6) is -1.16. The topological polar surface area (TPSA) is 58.2 Å². The molecule has 0 aliphatic heterocycles. The second-order valence-electron chi connectivity index (χ2n) is 5.82. The maximum absolute atomic E-state index is 12.2. The molecule has 5 heteroatoms. The van der Waals surface area contributed by atoms with Gasteiger partial charge in [0.1, 0.15) is 0 Å². The highest BCUT2D eigenvalue weighted by Gasteiger charge is 2.22. The number of amides is 2. The summed E-state index contributed by atoms with van der Waals surface area (Å²) in [7, 11) is 0. The van der Waals surface area contributed by atoms with Gasteiger partial charge in [-0.3, -0.25) is 9.59 Å². The molecule has 24 heavy (non-hydrogen) atoms. The van der Waals surface area contributed by atoms with Gasteiger partial charge in [-0.1, -0.05) is 54.9 Å². The minimum Gasteiger partial charge on any atom is -0.345 e. The zero-order chi connectivity index (χ0) is 16.8. The first-order valence-corrected chi connectivity index (χ1v) is 8.98. The molecule has 1 aliphatic carbocycles. The van der Waals surface area contributed by atoms with E-state index in [-0.39, 0.29) is 6.04 Å². The average Bonchev–Trinajstić information content (AvgIpc) is 3.10. The van der Waals surface area contributed by atoms with Gasteiger partial charge in [0.2, 0.25) is 0 Å². The highest BCUT2D eigenvalue weighted by atomic mass is 32.2. The summed E-state index contributed by atoms with van der Waals surface area (Å²) in [4.78, 5) is 26.2. The molecular weight excluding hydrogens is 320 g/mol. The first-order chi connectivity index (χ1) is 11.7. The quantitative estimate of drug-likeness (QED) is 0.832. The minimum atomic E-state index is -0.608. The zero-order valence-electron chi connectivity index (χ0n) is 13.3. The van der Waals surface area contributed by atoms with Crippen LogP contribution in [0, 0.1) is 0 Å². The molecule has 0 radical (unpaired) electrons. The summed E-state index contributed by atoms with van der Waals surface area (Å²) < 4.78 is 0. The van der Waals surface area contributed by atoms with Gasteiger partial charge in [0.05, 0.1) is 5.69 Å². The van der Waals surface area contributed by atoms with Crippen molar-refractivity contribution in [1.29, 1.82) is 0 Å². The zero-order valence-corrected chi connectivity index (χ0v) is 14.1. The third-order valence-corrected chi connectivity index (χ3v) is 5.09. The molecule has 3 rings (SSSR count). The number of hydrogen-bond donors (Lipinski definition) is 2. The Hall–Kier alpha value is -2.27. The van der Waals surface area contributed by atoms with Crippen LogP contribution in [0.3, 0.4) is 0 Å². The van der Waals surface area contributed by atoms with Crippen molar-refractivity contribution < 1.29 is 9.59 Å². The summed E-state index contributed by atoms with van der Waals surface area (Å²) in [6, 6.07) is 17.6. The van der Waals surface area contributed by atoms with E-state index in [0.717, 1.165) is 35.5 Å². The SMILES string of the molecule is O=C(Nc1ccccc1Sc1ccccc1)C(=O)NC1CCCC1. The molecule has 1 fully saturated rings. The van der Waals surface area contributed by atoms with Gasteiger partial charge in [0.15, 0.2) is 0 Å². The maximum atomic E-state index is 12.2. The fourth-order valence-electron chi connectivity index (χ4n) is 2.77. The Morgan fingerprint density at radius 1 is 0.875 bits per heavy atom. The Morgan fingerprint density at radius 3 is 2.29 bits per heavy atom. The summed E-state index contributed by atoms with van der Waals surface area (Å²) in [5.41, 5.74) is 0.651. The molecule has 1 saturated carbocycles. The average molecular weight is 340 g/mol. The largest absolute Gasteiger partial charge is 0.345 e. The van der Waals surface area contributed by atoms with Gasteiger partial charge in [-0.05, 0) is 37.1 Å². The van der Waals surface area contributed by atoms with Crippen LogP contribution in [0.15, 0.2) is 64.4 Å². The van der Waals surface area contributed by atoms with E-state index in [2.05, 4.69) is 10.6 Å². The van der Waals surface area contributed by atoms with E-state index >= 15 is 0 Å². The molecule has 0 atom stereocenters. The minimum absolute atomic E-state index is 0.136. The standard InChI is InChI=1S/C19H20N2O2S/c22-18(20-14-8-4-5-9-14)19(23)21-16-12-6-7-13-17(16)24-15-10-2-1-3-11-15/h1-3,6-7,10-14H,4-5,8-9H2,(H,20,22)(H,21,23). The van der Waals surface area contributed by atoms with E-state index in [1.807, 2.05) is 54.6 Å². The van der Waals surface area contributed by atoms with Gasteiger partial charge >= 0.3 is 11.8 Å². The van der Waals surface area contributed by atoms with Crippen LogP contribution in [-0.4, -0.2) is 17.9 Å². The number of para-hydroxylation sites is 1. The third kappa shape index (κ3) is 4.38. The third-order valence-electron chi connectivity index (χ3n) is 4.00. The maximum Gasteiger partial charge on any atom is 0.313 e. The number of nitrogens with one attached hydrogen (secondary N) is 2. The van der Waals surface area contributed by atoms with Crippen molar-refractivity contribution in [2.45, 2.75) is 41.5 Å². The highest BCUT2D eigenvalue weighted by Crippen LogP contribution is 2.33. The molecule has 2 N–H and O–H groups in total. The van der Waals surface area contributed by atoms with E-state index < -0.39 is 11.8 Å². The Labute approximate surface area is 146 Å². The number of carbonyl (C=O) groups excluding carboxylic acids is 2. The fourth-order valence-corrected chi connectivity index (χ4v) is 3.70. The van der Waals surface area contributed by atoms with Crippen LogP contribution in [0.4, 0.5) is 5.69 Å². The van der Waals surface area contributed by atoms with Crippen molar-refractivity contribution in [3.05, 3.63) is 54.6 Å². The van der Waals surface area contributed by atoms with Gasteiger partial charge in [-0.15, -0.1) is 0 Å². The summed E-state index contributed by atoms with van der Waals surface area (Å²) in [6.45, 7) is 0. The van der Waals surface area contributed by atoms with Crippen molar-refractivity contribution in [3.63, 3.8) is 0 Å². The summed E-state index contributed by atoms with van der Waals surface area (Å²) >= 11 is 1.55. The van der Waals surface area contributed by atoms with Crippen molar-refractivity contribution in [2.24, 2.45) is 0 Å². The van der Waals surface area contributed by atoms with Gasteiger partial charge in [0.25, 0.3) is 0 Å². The second kappa shape index (κ2) is 8.02. The van der Waals surface area contributed by atoms with Crippen molar-refractivity contribution in [3.8, 4) is 0 Å². The number of rotatable bonds is 4. The Balaban J connectivity index is 1.66. The molecule has 4 nitrogen and oxygen atoms in total. The van der Waals surface area contributed by atoms with Crippen LogP contribution in [0.5, 0.6) is 0 Å². The fraction of sp³-hybridized carbons (Fsp3) is 0.263. The molecule has 0 bridgehead atoms. The van der Waals surface area contributed by atoms with Gasteiger partial charge < -0.3 is 10.6 Å². The van der Waals surface area contributed by atoms with Crippen LogP contribution in [0.1, 0.15) is 25.7 Å². The van der Waals surface area contributed by atoms with E-state index in [1.54, 1.807) is 11.8 Å². The number of anilines is 1. The molecule has 0 saturated heterocycles. The van der Waals surface area contributed by atoms with Crippen LogP contribution < -0.4 is 10.6 Å². The van der Waals surface area contributed by atoms with E-state index in [4.69, 9.17) is 0 Å². The number of carbonyl (C=O) groups is 2. The highest BCUT2D eigenvalue weighted by molar-refractivity contribution is 7.99. The van der Waals surface area contributed by atoms with E-state index in [9.17, 15) is 9.59 Å². The predicted molar refractivity (Wildman–Crippen MR) is 96.0 cm³/mol. The Bertz CT molecular complexity index is 712. The van der Waals surface area contributed by atoms with Crippen LogP contribution in [0.2, 0.25) is 0 Å². The monoisotopic (exact) mass is 340 g/mol. The van der Waals surface area contributed by atoms with Crippen LogP contribution >= 0.6 is 11.8 Å². The molecule has 2 amide bonds. The first-order valence-electron chi connectivity index (χ1n) is 8.16. The molecule has 0 heterocycles. The molecule has 0 aromatic heterocycles. The molecule has 0 spiro atoms. The normalized spacial score (nSPS) is 14.3. The lowest BCUT2D eigenvalue weighted by atomic mass is 10.2. The van der Waals surface area contributed by atoms with E-state index in [1.165, 1.54) is 0 Å². The lowest BCUT2D eigenvalue weighted by molar-refractivity contribution is -0.136. The molecule has 1 aliphatic rings. The van der Waals surface area contributed by atoms with Crippen molar-refractivity contribution in [1.82, 2.24) is 5.32 Å². The lowest BCUT2D eigenvalue weighted by Gasteiger charge is -2.13. The van der Waals surface area contributed by atoms with Crippen molar-refractivity contribution >= 4 is 29.3 Å². The van der Waals surface area contributed by atoms with Gasteiger partial charge in [-0.25, -0.2) is 0 Å².